The molecule has 0 bridgehead atoms. The van der Waals surface area contributed by atoms with Gasteiger partial charge in [-0.05, 0) is 37.6 Å². The SMILES string of the molecule is Cc1ccc(-c2c3c(=O)n(C)c(=O)n(C)c3c3c(-c4cccc(C)c4)nc4ccccc4n23)cc1. The zero-order valence-electron chi connectivity index (χ0n) is 20.0. The summed E-state index contributed by atoms with van der Waals surface area (Å²) in [6, 6.07) is 24.2. The first-order valence-corrected chi connectivity index (χ1v) is 11.5. The summed E-state index contributed by atoms with van der Waals surface area (Å²) in [4.78, 5) is 31.8. The lowest BCUT2D eigenvalue weighted by molar-refractivity contribution is 0.716. The normalized spacial score (nSPS) is 11.7. The average molecular weight is 461 g/mol. The van der Waals surface area contributed by atoms with E-state index in [1.165, 1.54) is 11.6 Å². The van der Waals surface area contributed by atoms with Gasteiger partial charge in [-0.3, -0.25) is 13.9 Å². The van der Waals surface area contributed by atoms with Gasteiger partial charge in [-0.25, -0.2) is 9.78 Å². The summed E-state index contributed by atoms with van der Waals surface area (Å²) in [5.41, 5.74) is 7.91. The molecule has 6 heteroatoms. The number of rotatable bonds is 2. The molecule has 172 valence electrons. The highest BCUT2D eigenvalue weighted by Crippen LogP contribution is 2.38. The maximum absolute atomic E-state index is 13.7. The van der Waals surface area contributed by atoms with Crippen molar-refractivity contribution in [3.05, 3.63) is 105 Å². The van der Waals surface area contributed by atoms with Gasteiger partial charge >= 0.3 is 5.69 Å². The number of hydrogen-bond acceptors (Lipinski definition) is 3. The highest BCUT2D eigenvalue weighted by molar-refractivity contribution is 6.11. The molecule has 3 aromatic heterocycles. The van der Waals surface area contributed by atoms with E-state index in [0.29, 0.717) is 10.9 Å². The van der Waals surface area contributed by atoms with E-state index in [4.69, 9.17) is 4.98 Å². The number of hydrogen-bond donors (Lipinski definition) is 0. The van der Waals surface area contributed by atoms with Crippen LogP contribution in [-0.2, 0) is 14.1 Å². The molecule has 0 aliphatic heterocycles. The predicted octanol–water partition coefficient (Wildman–Crippen LogP) is 4.99. The third-order valence-electron chi connectivity index (χ3n) is 6.77. The zero-order chi connectivity index (χ0) is 24.4. The van der Waals surface area contributed by atoms with Crippen LogP contribution in [-0.4, -0.2) is 18.5 Å². The molecule has 0 unspecified atom stereocenters. The highest BCUT2D eigenvalue weighted by atomic mass is 16.2. The summed E-state index contributed by atoms with van der Waals surface area (Å²) in [5, 5.41) is 0.505. The monoisotopic (exact) mass is 460 g/mol. The van der Waals surface area contributed by atoms with Gasteiger partial charge in [0.1, 0.15) is 0 Å². The number of para-hydroxylation sites is 2. The fourth-order valence-corrected chi connectivity index (χ4v) is 5.02. The molecule has 0 aliphatic rings. The van der Waals surface area contributed by atoms with Crippen LogP contribution in [0.25, 0.3) is 50.0 Å². The smallest absolute Gasteiger partial charge is 0.303 e. The highest BCUT2D eigenvalue weighted by Gasteiger charge is 2.25. The minimum atomic E-state index is -0.367. The van der Waals surface area contributed by atoms with Gasteiger partial charge in [0.2, 0.25) is 0 Å². The van der Waals surface area contributed by atoms with E-state index in [0.717, 1.165) is 50.2 Å². The Kier molecular flexibility index (Phi) is 4.54. The van der Waals surface area contributed by atoms with Crippen LogP contribution >= 0.6 is 0 Å². The summed E-state index contributed by atoms with van der Waals surface area (Å²) < 4.78 is 4.86. The molecule has 0 radical (unpaired) electrons. The molecule has 3 aromatic carbocycles. The van der Waals surface area contributed by atoms with Crippen LogP contribution in [0.1, 0.15) is 11.1 Å². The van der Waals surface area contributed by atoms with Gasteiger partial charge in [-0.15, -0.1) is 0 Å². The lowest BCUT2D eigenvalue weighted by Gasteiger charge is -2.12. The third kappa shape index (κ3) is 2.99. The van der Waals surface area contributed by atoms with E-state index in [-0.39, 0.29) is 11.2 Å². The molecule has 0 saturated heterocycles. The van der Waals surface area contributed by atoms with Crippen molar-refractivity contribution in [3.63, 3.8) is 0 Å². The van der Waals surface area contributed by atoms with Crippen LogP contribution in [0.5, 0.6) is 0 Å². The van der Waals surface area contributed by atoms with E-state index in [9.17, 15) is 9.59 Å². The summed E-state index contributed by atoms with van der Waals surface area (Å²) in [6.07, 6.45) is 0. The summed E-state index contributed by atoms with van der Waals surface area (Å²) in [5.74, 6) is 0. The van der Waals surface area contributed by atoms with Gasteiger partial charge in [0.05, 0.1) is 38.8 Å². The number of nitrogens with zero attached hydrogens (tertiary/aromatic N) is 4. The van der Waals surface area contributed by atoms with Gasteiger partial charge in [0.15, 0.2) is 0 Å². The Morgan fingerprint density at radius 2 is 1.46 bits per heavy atom. The number of aromatic nitrogens is 4. The van der Waals surface area contributed by atoms with Gasteiger partial charge in [-0.1, -0.05) is 65.7 Å². The second kappa shape index (κ2) is 7.53. The van der Waals surface area contributed by atoms with E-state index < -0.39 is 0 Å². The molecule has 0 saturated carbocycles. The molecule has 3 heterocycles. The van der Waals surface area contributed by atoms with Gasteiger partial charge in [0.25, 0.3) is 5.56 Å². The minimum Gasteiger partial charge on any atom is -0.303 e. The van der Waals surface area contributed by atoms with E-state index in [2.05, 4.69) is 10.5 Å². The van der Waals surface area contributed by atoms with Crippen molar-refractivity contribution >= 4 is 27.5 Å². The summed E-state index contributed by atoms with van der Waals surface area (Å²) in [7, 11) is 3.25. The third-order valence-corrected chi connectivity index (χ3v) is 6.77. The molecular weight excluding hydrogens is 436 g/mol. The Bertz CT molecular complexity index is 1920. The number of aryl methyl sites for hydroxylation is 3. The predicted molar refractivity (Wildman–Crippen MR) is 141 cm³/mol. The van der Waals surface area contributed by atoms with Gasteiger partial charge < -0.3 is 4.40 Å². The maximum Gasteiger partial charge on any atom is 0.331 e. The van der Waals surface area contributed by atoms with Crippen molar-refractivity contribution in [3.8, 4) is 22.5 Å². The summed E-state index contributed by atoms with van der Waals surface area (Å²) in [6.45, 7) is 4.08. The van der Waals surface area contributed by atoms with Crippen LogP contribution in [0.15, 0.2) is 82.4 Å². The van der Waals surface area contributed by atoms with Gasteiger partial charge in [-0.2, -0.15) is 0 Å². The molecular formula is C29H24N4O2. The van der Waals surface area contributed by atoms with Crippen LogP contribution in [0.2, 0.25) is 0 Å². The van der Waals surface area contributed by atoms with Gasteiger partial charge in [0, 0.05) is 19.7 Å². The van der Waals surface area contributed by atoms with E-state index in [1.54, 1.807) is 11.6 Å². The first kappa shape index (κ1) is 21.1. The van der Waals surface area contributed by atoms with Crippen molar-refractivity contribution in [1.82, 2.24) is 18.5 Å². The van der Waals surface area contributed by atoms with E-state index in [1.807, 2.05) is 80.6 Å². The molecule has 0 fully saturated rings. The van der Waals surface area contributed by atoms with Crippen LogP contribution in [0.4, 0.5) is 0 Å². The molecule has 6 aromatic rings. The first-order chi connectivity index (χ1) is 16.9. The first-order valence-electron chi connectivity index (χ1n) is 11.5. The molecule has 35 heavy (non-hydrogen) atoms. The quantitative estimate of drug-likeness (QED) is 0.366. The summed E-state index contributed by atoms with van der Waals surface area (Å²) >= 11 is 0. The second-order valence-corrected chi connectivity index (χ2v) is 9.15. The van der Waals surface area contributed by atoms with Crippen molar-refractivity contribution in [2.75, 3.05) is 0 Å². The Balaban J connectivity index is 1.99. The topological polar surface area (TPSA) is 61.3 Å². The van der Waals surface area contributed by atoms with Crippen molar-refractivity contribution in [2.24, 2.45) is 14.1 Å². The molecule has 6 rings (SSSR count). The van der Waals surface area contributed by atoms with Crippen LogP contribution in [0, 0.1) is 13.8 Å². The van der Waals surface area contributed by atoms with Crippen LogP contribution in [0.3, 0.4) is 0 Å². The second-order valence-electron chi connectivity index (χ2n) is 9.15. The average Bonchev–Trinajstić information content (AvgIpc) is 3.23. The molecule has 6 nitrogen and oxygen atoms in total. The molecule has 0 aliphatic carbocycles. The van der Waals surface area contributed by atoms with Crippen LogP contribution < -0.4 is 11.2 Å². The molecule has 0 atom stereocenters. The molecule has 0 spiro atoms. The lowest BCUT2D eigenvalue weighted by atomic mass is 10.1. The molecule has 0 amide bonds. The largest absolute Gasteiger partial charge is 0.331 e. The Labute approximate surface area is 201 Å². The minimum absolute atomic E-state index is 0.318. The standard InChI is InChI=1S/C29H24N4O2/c1-17-12-14-19(15-13-17)25-23-26(31(3)29(35)32(4)28(23)34)27-24(20-9-7-8-18(2)16-20)30-21-10-5-6-11-22(21)33(25)27/h5-16H,1-4H3. The lowest BCUT2D eigenvalue weighted by Crippen LogP contribution is -2.36. The number of fused-ring (bicyclic) bond motifs is 5. The van der Waals surface area contributed by atoms with Crippen molar-refractivity contribution in [1.29, 1.82) is 0 Å². The van der Waals surface area contributed by atoms with E-state index >= 15 is 0 Å². The zero-order valence-corrected chi connectivity index (χ0v) is 20.0. The Hall–Kier alpha value is -4.45. The van der Waals surface area contributed by atoms with Crippen molar-refractivity contribution < 1.29 is 0 Å². The van der Waals surface area contributed by atoms with Crippen molar-refractivity contribution in [2.45, 2.75) is 13.8 Å². The molecule has 0 N–H and O–H groups in total. The number of benzene rings is 3. The Morgan fingerprint density at radius 1 is 0.714 bits per heavy atom. The maximum atomic E-state index is 13.7. The fraction of sp³-hybridized carbons (Fsp3) is 0.138. The Morgan fingerprint density at radius 3 is 2.20 bits per heavy atom. The fourth-order valence-electron chi connectivity index (χ4n) is 5.02.